The Bertz CT molecular complexity index is 486. The van der Waals surface area contributed by atoms with Gasteiger partial charge in [-0.2, -0.15) is 11.3 Å². The maximum absolute atomic E-state index is 11.8. The van der Waals surface area contributed by atoms with Crippen LogP contribution in [0.5, 0.6) is 0 Å². The van der Waals surface area contributed by atoms with Crippen molar-refractivity contribution in [1.82, 2.24) is 15.5 Å². The van der Waals surface area contributed by atoms with E-state index in [-0.39, 0.29) is 0 Å². The molecular formula is C16H26N4OS. The standard InChI is InChI=1S/C16H26N4OS/c1-3-14(20-9-4-5-15(20)21)6-8-18-16(17-2)19-11-13-7-10-22-12-13/h7,10,12,14H,3-6,8-9,11H2,1-2H3,(H2,17,18,19). The molecule has 1 aromatic heterocycles. The highest BCUT2D eigenvalue weighted by Gasteiger charge is 2.26. The summed E-state index contributed by atoms with van der Waals surface area (Å²) in [4.78, 5) is 18.1. The second kappa shape index (κ2) is 8.78. The molecule has 1 saturated heterocycles. The Morgan fingerprint density at radius 1 is 1.50 bits per heavy atom. The Balaban J connectivity index is 1.72. The summed E-state index contributed by atoms with van der Waals surface area (Å²) in [7, 11) is 1.78. The molecule has 122 valence electrons. The molecule has 5 nitrogen and oxygen atoms in total. The molecule has 1 aliphatic heterocycles. The summed E-state index contributed by atoms with van der Waals surface area (Å²) < 4.78 is 0. The van der Waals surface area contributed by atoms with Gasteiger partial charge in [0, 0.05) is 39.1 Å². The molecule has 0 aliphatic carbocycles. The van der Waals surface area contributed by atoms with Gasteiger partial charge in [-0.1, -0.05) is 6.92 Å². The summed E-state index contributed by atoms with van der Waals surface area (Å²) in [5.74, 6) is 1.13. The second-order valence-electron chi connectivity index (χ2n) is 5.53. The van der Waals surface area contributed by atoms with Crippen LogP contribution in [0.3, 0.4) is 0 Å². The molecule has 0 radical (unpaired) electrons. The molecule has 1 unspecified atom stereocenters. The molecular weight excluding hydrogens is 296 g/mol. The monoisotopic (exact) mass is 322 g/mol. The summed E-state index contributed by atoms with van der Waals surface area (Å²) in [5.41, 5.74) is 1.27. The third kappa shape index (κ3) is 4.73. The largest absolute Gasteiger partial charge is 0.356 e. The third-order valence-corrected chi connectivity index (χ3v) is 4.79. The van der Waals surface area contributed by atoms with Crippen molar-refractivity contribution in [3.8, 4) is 0 Å². The molecule has 1 fully saturated rings. The maximum atomic E-state index is 11.8. The molecule has 22 heavy (non-hydrogen) atoms. The highest BCUT2D eigenvalue weighted by atomic mass is 32.1. The molecule has 6 heteroatoms. The molecule has 0 saturated carbocycles. The van der Waals surface area contributed by atoms with E-state index < -0.39 is 0 Å². The van der Waals surface area contributed by atoms with Crippen LogP contribution in [-0.4, -0.2) is 42.9 Å². The number of carbonyl (C=O) groups is 1. The smallest absolute Gasteiger partial charge is 0.222 e. The van der Waals surface area contributed by atoms with Crippen LogP contribution in [0.25, 0.3) is 0 Å². The van der Waals surface area contributed by atoms with Gasteiger partial charge in [0.05, 0.1) is 0 Å². The molecule has 2 heterocycles. The summed E-state index contributed by atoms with van der Waals surface area (Å²) in [5, 5.41) is 10.9. The summed E-state index contributed by atoms with van der Waals surface area (Å²) in [6.07, 6.45) is 3.69. The average Bonchev–Trinajstić information content (AvgIpc) is 3.18. The van der Waals surface area contributed by atoms with Crippen LogP contribution < -0.4 is 10.6 Å². The summed E-state index contributed by atoms with van der Waals surface area (Å²) in [6, 6.07) is 2.45. The van der Waals surface area contributed by atoms with Crippen LogP contribution in [0.15, 0.2) is 21.8 Å². The lowest BCUT2D eigenvalue weighted by Gasteiger charge is -2.27. The van der Waals surface area contributed by atoms with Gasteiger partial charge in [-0.3, -0.25) is 9.79 Å². The number of thiophene rings is 1. The van der Waals surface area contributed by atoms with Gasteiger partial charge in [-0.05, 0) is 41.7 Å². The van der Waals surface area contributed by atoms with E-state index in [1.165, 1.54) is 5.56 Å². The van der Waals surface area contributed by atoms with Crippen molar-refractivity contribution in [2.24, 2.45) is 4.99 Å². The SMILES string of the molecule is CCC(CCNC(=NC)NCc1ccsc1)N1CCCC1=O. The van der Waals surface area contributed by atoms with Gasteiger partial charge in [0.15, 0.2) is 5.96 Å². The van der Waals surface area contributed by atoms with E-state index in [1.807, 2.05) is 4.90 Å². The molecule has 1 amide bonds. The van der Waals surface area contributed by atoms with Gasteiger partial charge in [0.2, 0.25) is 5.91 Å². The number of carbonyl (C=O) groups excluding carboxylic acids is 1. The zero-order valence-corrected chi connectivity index (χ0v) is 14.3. The van der Waals surface area contributed by atoms with E-state index in [0.717, 1.165) is 44.9 Å². The quantitative estimate of drug-likeness (QED) is 0.598. The van der Waals surface area contributed by atoms with E-state index in [9.17, 15) is 4.79 Å². The Labute approximate surface area is 136 Å². The zero-order chi connectivity index (χ0) is 15.8. The Morgan fingerprint density at radius 2 is 2.36 bits per heavy atom. The van der Waals surface area contributed by atoms with Gasteiger partial charge >= 0.3 is 0 Å². The fourth-order valence-electron chi connectivity index (χ4n) is 2.79. The highest BCUT2D eigenvalue weighted by Crippen LogP contribution is 2.17. The minimum Gasteiger partial charge on any atom is -0.356 e. The van der Waals surface area contributed by atoms with E-state index >= 15 is 0 Å². The molecule has 0 aromatic carbocycles. The van der Waals surface area contributed by atoms with E-state index in [1.54, 1.807) is 18.4 Å². The van der Waals surface area contributed by atoms with E-state index in [2.05, 4.69) is 39.4 Å². The Hall–Kier alpha value is -1.56. The molecule has 1 aliphatic rings. The molecule has 1 atom stereocenters. The molecule has 1 aromatic rings. The Kier molecular flexibility index (Phi) is 6.71. The number of amides is 1. The molecule has 0 bridgehead atoms. The van der Waals surface area contributed by atoms with Crippen LogP contribution in [0, 0.1) is 0 Å². The first-order valence-corrected chi connectivity index (χ1v) is 8.94. The number of hydrogen-bond donors (Lipinski definition) is 2. The number of rotatable bonds is 7. The predicted molar refractivity (Wildman–Crippen MR) is 92.2 cm³/mol. The van der Waals surface area contributed by atoms with Gasteiger partial charge in [-0.25, -0.2) is 0 Å². The first-order valence-electron chi connectivity index (χ1n) is 7.99. The molecule has 0 spiro atoms. The van der Waals surface area contributed by atoms with Gasteiger partial charge in [0.1, 0.15) is 0 Å². The van der Waals surface area contributed by atoms with Crippen molar-refractivity contribution in [3.05, 3.63) is 22.4 Å². The lowest BCUT2D eigenvalue weighted by atomic mass is 10.1. The van der Waals surface area contributed by atoms with Crippen LogP contribution in [0.4, 0.5) is 0 Å². The van der Waals surface area contributed by atoms with Crippen molar-refractivity contribution >= 4 is 23.2 Å². The second-order valence-corrected chi connectivity index (χ2v) is 6.31. The van der Waals surface area contributed by atoms with E-state index in [0.29, 0.717) is 18.4 Å². The van der Waals surface area contributed by atoms with Crippen LogP contribution in [0.2, 0.25) is 0 Å². The van der Waals surface area contributed by atoms with Crippen molar-refractivity contribution in [2.45, 2.75) is 45.2 Å². The number of guanidine groups is 1. The van der Waals surface area contributed by atoms with Gasteiger partial charge < -0.3 is 15.5 Å². The number of hydrogen-bond acceptors (Lipinski definition) is 3. The number of aliphatic imine (C=N–C) groups is 1. The zero-order valence-electron chi connectivity index (χ0n) is 13.5. The first-order chi connectivity index (χ1) is 10.7. The normalized spacial score (nSPS) is 16.9. The highest BCUT2D eigenvalue weighted by molar-refractivity contribution is 7.07. The fourth-order valence-corrected chi connectivity index (χ4v) is 3.46. The lowest BCUT2D eigenvalue weighted by molar-refractivity contribution is -0.129. The minimum atomic E-state index is 0.312. The summed E-state index contributed by atoms with van der Waals surface area (Å²) in [6.45, 7) is 4.68. The van der Waals surface area contributed by atoms with E-state index in [4.69, 9.17) is 0 Å². The van der Waals surface area contributed by atoms with Crippen molar-refractivity contribution in [1.29, 1.82) is 0 Å². The summed E-state index contributed by atoms with van der Waals surface area (Å²) >= 11 is 1.70. The number of nitrogens with one attached hydrogen (secondary N) is 2. The first kappa shape index (κ1) is 16.8. The third-order valence-electron chi connectivity index (χ3n) is 4.06. The van der Waals surface area contributed by atoms with Crippen molar-refractivity contribution in [3.63, 3.8) is 0 Å². The molecule has 2 N–H and O–H groups in total. The van der Waals surface area contributed by atoms with Crippen molar-refractivity contribution < 1.29 is 4.79 Å². The minimum absolute atomic E-state index is 0.312. The van der Waals surface area contributed by atoms with Gasteiger partial charge in [-0.15, -0.1) is 0 Å². The number of nitrogens with zero attached hydrogens (tertiary/aromatic N) is 2. The maximum Gasteiger partial charge on any atom is 0.222 e. The number of likely N-dealkylation sites (tertiary alicyclic amines) is 1. The lowest BCUT2D eigenvalue weighted by Crippen LogP contribution is -2.41. The van der Waals surface area contributed by atoms with Gasteiger partial charge in [0.25, 0.3) is 0 Å². The average molecular weight is 322 g/mol. The topological polar surface area (TPSA) is 56.7 Å². The molecule has 2 rings (SSSR count). The fraction of sp³-hybridized carbons (Fsp3) is 0.625. The van der Waals surface area contributed by atoms with Crippen LogP contribution >= 0.6 is 11.3 Å². The van der Waals surface area contributed by atoms with Crippen molar-refractivity contribution in [2.75, 3.05) is 20.1 Å². The van der Waals surface area contributed by atoms with Crippen LogP contribution in [0.1, 0.15) is 38.2 Å². The Morgan fingerprint density at radius 3 is 2.95 bits per heavy atom. The predicted octanol–water partition coefficient (Wildman–Crippen LogP) is 2.20. The van der Waals surface area contributed by atoms with Crippen LogP contribution in [-0.2, 0) is 11.3 Å².